The number of pyridine rings is 2. The number of hydrogen-bond donors (Lipinski definition) is 0. The molecule has 0 amide bonds. The number of hydrogen-bond acceptors (Lipinski definition) is 2. The highest BCUT2D eigenvalue weighted by Crippen LogP contribution is 2.30. The number of nitrogens with zero attached hydrogens (tertiary/aromatic N) is 2. The van der Waals surface area contributed by atoms with E-state index in [1.165, 1.54) is 59.0 Å². The molecular weight excluding hydrogens is 292 g/mol. The quantitative estimate of drug-likeness (QED) is 0.514. The van der Waals surface area contributed by atoms with Gasteiger partial charge < -0.3 is 0 Å². The van der Waals surface area contributed by atoms with Crippen LogP contribution in [0, 0.1) is 13.8 Å². The van der Waals surface area contributed by atoms with Gasteiger partial charge in [-0.25, -0.2) is 0 Å². The Morgan fingerprint density at radius 1 is 0.667 bits per heavy atom. The summed E-state index contributed by atoms with van der Waals surface area (Å²) in [5.41, 5.74) is 7.20. The van der Waals surface area contributed by atoms with Gasteiger partial charge in [-0.2, -0.15) is 0 Å². The average molecular weight is 320 g/mol. The van der Waals surface area contributed by atoms with Crippen molar-refractivity contribution in [1.82, 2.24) is 9.97 Å². The van der Waals surface area contributed by atoms with Crippen molar-refractivity contribution in [2.75, 3.05) is 0 Å². The zero-order chi connectivity index (χ0) is 17.1. The molecular formula is C22H28N2. The van der Waals surface area contributed by atoms with Crippen molar-refractivity contribution in [3.05, 3.63) is 46.8 Å². The van der Waals surface area contributed by atoms with Crippen LogP contribution in [-0.2, 0) is 12.8 Å². The van der Waals surface area contributed by atoms with Crippen LogP contribution < -0.4 is 0 Å². The van der Waals surface area contributed by atoms with E-state index < -0.39 is 0 Å². The number of rotatable bonds is 6. The van der Waals surface area contributed by atoms with E-state index in [1.807, 2.05) is 0 Å². The number of aryl methyl sites for hydroxylation is 4. The SMILES string of the molecule is CCCCc1ccc2c(C)c(C)c3ccc(CCCC)nc3c2n1. The maximum atomic E-state index is 5.00. The van der Waals surface area contributed by atoms with Gasteiger partial charge in [-0.15, -0.1) is 0 Å². The van der Waals surface area contributed by atoms with Gasteiger partial charge in [0.2, 0.25) is 0 Å². The van der Waals surface area contributed by atoms with Gasteiger partial charge in [-0.1, -0.05) is 38.8 Å². The number of fused-ring (bicyclic) bond motifs is 3. The summed E-state index contributed by atoms with van der Waals surface area (Å²) in [6.45, 7) is 8.86. The topological polar surface area (TPSA) is 25.8 Å². The van der Waals surface area contributed by atoms with Gasteiger partial charge >= 0.3 is 0 Å². The van der Waals surface area contributed by atoms with E-state index in [9.17, 15) is 0 Å². The molecule has 24 heavy (non-hydrogen) atoms. The minimum atomic E-state index is 1.05. The lowest BCUT2D eigenvalue weighted by Crippen LogP contribution is -1.98. The first-order valence-electron chi connectivity index (χ1n) is 9.34. The summed E-state index contributed by atoms with van der Waals surface area (Å²) in [5, 5.41) is 2.50. The van der Waals surface area contributed by atoms with Gasteiger partial charge in [0.15, 0.2) is 0 Å². The van der Waals surface area contributed by atoms with Gasteiger partial charge in [0.25, 0.3) is 0 Å². The molecule has 0 aliphatic heterocycles. The van der Waals surface area contributed by atoms with Crippen LogP contribution in [0.1, 0.15) is 62.0 Å². The molecule has 0 bridgehead atoms. The second-order valence-electron chi connectivity index (χ2n) is 6.85. The summed E-state index contributed by atoms with van der Waals surface area (Å²) in [6.07, 6.45) is 6.89. The molecule has 2 heterocycles. The Hall–Kier alpha value is -1.96. The van der Waals surface area contributed by atoms with Crippen molar-refractivity contribution in [3.8, 4) is 0 Å². The standard InChI is InChI=1S/C22H28N2/c1-5-7-9-17-11-13-19-15(3)16(4)20-14-12-18(10-8-6-2)24-22(20)21(19)23-17/h11-14H,5-10H2,1-4H3. The molecule has 3 aromatic rings. The lowest BCUT2D eigenvalue weighted by Gasteiger charge is -2.13. The molecule has 0 atom stereocenters. The largest absolute Gasteiger partial charge is 0.251 e. The van der Waals surface area contributed by atoms with Crippen molar-refractivity contribution >= 4 is 21.8 Å². The second-order valence-corrected chi connectivity index (χ2v) is 6.85. The van der Waals surface area contributed by atoms with E-state index >= 15 is 0 Å². The van der Waals surface area contributed by atoms with E-state index in [0.717, 1.165) is 23.9 Å². The Morgan fingerprint density at radius 3 is 1.46 bits per heavy atom. The van der Waals surface area contributed by atoms with E-state index in [2.05, 4.69) is 52.0 Å². The predicted molar refractivity (Wildman–Crippen MR) is 104 cm³/mol. The van der Waals surface area contributed by atoms with Crippen molar-refractivity contribution in [2.45, 2.75) is 66.2 Å². The summed E-state index contributed by atoms with van der Waals surface area (Å²) >= 11 is 0. The highest BCUT2D eigenvalue weighted by atomic mass is 14.8. The molecule has 0 unspecified atom stereocenters. The molecule has 0 saturated carbocycles. The van der Waals surface area contributed by atoms with Crippen LogP contribution in [0.15, 0.2) is 24.3 Å². The van der Waals surface area contributed by atoms with E-state index in [4.69, 9.17) is 9.97 Å². The zero-order valence-electron chi connectivity index (χ0n) is 15.4. The van der Waals surface area contributed by atoms with E-state index in [1.54, 1.807) is 0 Å². The fraction of sp³-hybridized carbons (Fsp3) is 0.455. The Labute approximate surface area is 145 Å². The minimum Gasteiger partial charge on any atom is -0.251 e. The van der Waals surface area contributed by atoms with Crippen LogP contribution in [0.3, 0.4) is 0 Å². The summed E-state index contributed by atoms with van der Waals surface area (Å²) in [5.74, 6) is 0. The third-order valence-electron chi connectivity index (χ3n) is 5.07. The molecule has 0 spiro atoms. The molecule has 0 aliphatic carbocycles. The molecule has 1 aromatic carbocycles. The fourth-order valence-corrected chi connectivity index (χ4v) is 3.36. The van der Waals surface area contributed by atoms with Gasteiger partial charge in [0.1, 0.15) is 0 Å². The van der Waals surface area contributed by atoms with Gasteiger partial charge in [-0.3, -0.25) is 9.97 Å². The molecule has 126 valence electrons. The maximum absolute atomic E-state index is 5.00. The highest BCUT2D eigenvalue weighted by molar-refractivity contribution is 6.06. The average Bonchev–Trinajstić information content (AvgIpc) is 2.62. The van der Waals surface area contributed by atoms with Crippen molar-refractivity contribution in [2.24, 2.45) is 0 Å². The third kappa shape index (κ3) is 3.15. The van der Waals surface area contributed by atoms with Crippen molar-refractivity contribution < 1.29 is 0 Å². The third-order valence-corrected chi connectivity index (χ3v) is 5.07. The monoisotopic (exact) mass is 320 g/mol. The molecule has 3 rings (SSSR count). The normalized spacial score (nSPS) is 11.5. The fourth-order valence-electron chi connectivity index (χ4n) is 3.36. The van der Waals surface area contributed by atoms with E-state index in [-0.39, 0.29) is 0 Å². The highest BCUT2D eigenvalue weighted by Gasteiger charge is 2.12. The summed E-state index contributed by atoms with van der Waals surface area (Å²) in [7, 11) is 0. The molecule has 0 saturated heterocycles. The van der Waals surface area contributed by atoms with Crippen LogP contribution in [0.25, 0.3) is 21.8 Å². The Balaban J connectivity index is 2.22. The van der Waals surface area contributed by atoms with Gasteiger partial charge in [0.05, 0.1) is 11.0 Å². The molecule has 2 heteroatoms. The molecule has 2 nitrogen and oxygen atoms in total. The van der Waals surface area contributed by atoms with Crippen LogP contribution in [0.4, 0.5) is 0 Å². The van der Waals surface area contributed by atoms with E-state index in [0.29, 0.717) is 0 Å². The Bertz CT molecular complexity index is 792. The lowest BCUT2D eigenvalue weighted by molar-refractivity contribution is 0.778. The first-order valence-corrected chi connectivity index (χ1v) is 9.34. The number of unbranched alkanes of at least 4 members (excludes halogenated alkanes) is 2. The van der Waals surface area contributed by atoms with Crippen LogP contribution in [0.5, 0.6) is 0 Å². The van der Waals surface area contributed by atoms with Gasteiger partial charge in [-0.05, 0) is 62.8 Å². The summed E-state index contributed by atoms with van der Waals surface area (Å²) in [4.78, 5) is 10.0. The molecule has 0 fully saturated rings. The summed E-state index contributed by atoms with van der Waals surface area (Å²) < 4.78 is 0. The minimum absolute atomic E-state index is 1.05. The first-order chi connectivity index (χ1) is 11.7. The molecule has 0 aliphatic rings. The smallest absolute Gasteiger partial charge is 0.0970 e. The molecule has 0 N–H and O–H groups in total. The number of aromatic nitrogens is 2. The van der Waals surface area contributed by atoms with Crippen LogP contribution in [0.2, 0.25) is 0 Å². The lowest BCUT2D eigenvalue weighted by atomic mass is 9.97. The Kier molecular flexibility index (Phi) is 5.13. The number of benzene rings is 1. The molecule has 2 aromatic heterocycles. The predicted octanol–water partition coefficient (Wildman–Crippen LogP) is 6.09. The first kappa shape index (κ1) is 16.9. The maximum Gasteiger partial charge on any atom is 0.0970 e. The van der Waals surface area contributed by atoms with Crippen molar-refractivity contribution in [1.29, 1.82) is 0 Å². The molecule has 0 radical (unpaired) electrons. The van der Waals surface area contributed by atoms with Crippen molar-refractivity contribution in [3.63, 3.8) is 0 Å². The van der Waals surface area contributed by atoms with Crippen LogP contribution in [-0.4, -0.2) is 9.97 Å². The van der Waals surface area contributed by atoms with Gasteiger partial charge in [0, 0.05) is 22.2 Å². The second kappa shape index (κ2) is 7.29. The zero-order valence-corrected chi connectivity index (χ0v) is 15.4. The van der Waals surface area contributed by atoms with Crippen LogP contribution >= 0.6 is 0 Å². The summed E-state index contributed by atoms with van der Waals surface area (Å²) in [6, 6.07) is 8.87. The Morgan fingerprint density at radius 2 is 1.08 bits per heavy atom.